The molecule has 73 heavy (non-hydrogen) atoms. The standard InChI is InChI=1S/C53H64F2N10O8/c54-35-28-34(29-36(55)47(35)62-18-2-1-3-19-62)65-41(32-8-10-37-39(26-32)58-48(56-37)43-6-4-20-63(43)50(66)45(60-52(68)69)30-14-22-72-23-15-30)12-13-42(65)33-9-11-38-40(27-33)59-49(57-38)44-7-5-21-64(44)51(67)46(61-53(70)71)31-16-24-73-25-17-31/h8-11,26-31,41-46,60-61H,1-7,12-25H2,(H,56,58)(H,57,59)(H,68,69)(H,70,71)/t41-,42-,43+,44+,45+,46+/m1/s1. The second-order valence-electron chi connectivity index (χ2n) is 20.8. The Kier molecular flexibility index (Phi) is 13.9. The van der Waals surface area contributed by atoms with Crippen LogP contribution in [-0.2, 0) is 19.1 Å². The van der Waals surface area contributed by atoms with E-state index in [4.69, 9.17) is 19.4 Å². The first kappa shape index (κ1) is 48.7. The van der Waals surface area contributed by atoms with Crippen molar-refractivity contribution in [3.8, 4) is 0 Å². The summed E-state index contributed by atoms with van der Waals surface area (Å²) in [5, 5.41) is 24.5. The molecule has 6 N–H and O–H groups in total. The number of likely N-dealkylation sites (tertiary alicyclic amines) is 2. The lowest BCUT2D eigenvalue weighted by atomic mass is 9.90. The smallest absolute Gasteiger partial charge is 0.405 e. The summed E-state index contributed by atoms with van der Waals surface area (Å²) in [5.74, 6) is -0.866. The molecule has 6 atom stereocenters. The van der Waals surface area contributed by atoms with Crippen LogP contribution in [0.5, 0.6) is 0 Å². The lowest BCUT2D eigenvalue weighted by molar-refractivity contribution is -0.137. The molecule has 0 aliphatic carbocycles. The third-order valence-electron chi connectivity index (χ3n) is 16.4. The number of rotatable bonds is 12. The van der Waals surface area contributed by atoms with Crippen LogP contribution in [0.3, 0.4) is 0 Å². The Bertz CT molecular complexity index is 2680. The molecule has 2 aromatic heterocycles. The number of aromatic amines is 2. The van der Waals surface area contributed by atoms with Gasteiger partial charge in [-0.05, 0) is 143 Å². The molecule has 6 saturated heterocycles. The Balaban J connectivity index is 0.897. The zero-order chi connectivity index (χ0) is 50.3. The van der Waals surface area contributed by atoms with Crippen molar-refractivity contribution in [1.29, 1.82) is 0 Å². The van der Waals surface area contributed by atoms with Gasteiger partial charge in [0.25, 0.3) is 0 Å². The van der Waals surface area contributed by atoms with E-state index in [-0.39, 0.29) is 53.5 Å². The van der Waals surface area contributed by atoms with E-state index in [1.165, 1.54) is 12.1 Å². The van der Waals surface area contributed by atoms with E-state index in [1.807, 2.05) is 41.3 Å². The molecule has 6 aliphatic heterocycles. The molecule has 0 saturated carbocycles. The number of hydrogen-bond acceptors (Lipinski definition) is 10. The Morgan fingerprint density at radius 1 is 0.575 bits per heavy atom. The van der Waals surface area contributed by atoms with Gasteiger partial charge in [-0.25, -0.2) is 28.3 Å². The van der Waals surface area contributed by atoms with E-state index in [9.17, 15) is 29.4 Å². The van der Waals surface area contributed by atoms with Crippen molar-refractivity contribution in [3.05, 3.63) is 82.9 Å². The van der Waals surface area contributed by atoms with Crippen molar-refractivity contribution in [2.45, 2.75) is 120 Å². The molecule has 18 nitrogen and oxygen atoms in total. The molecule has 20 heteroatoms. The average molecular weight is 1010 g/mol. The minimum Gasteiger partial charge on any atom is -0.465 e. The number of carbonyl (C=O) groups excluding carboxylic acids is 2. The van der Waals surface area contributed by atoms with Gasteiger partial charge in [-0.1, -0.05) is 12.1 Å². The fourth-order valence-electron chi connectivity index (χ4n) is 12.9. The summed E-state index contributed by atoms with van der Waals surface area (Å²) >= 11 is 0. The molecular weight excluding hydrogens is 943 g/mol. The average Bonchev–Trinajstić information content (AvgIpc) is 4.26. The number of carboxylic acid groups (broad SMARTS) is 2. The molecule has 6 aliphatic rings. The van der Waals surface area contributed by atoms with E-state index in [0.29, 0.717) is 132 Å². The van der Waals surface area contributed by atoms with Crippen molar-refractivity contribution in [3.63, 3.8) is 0 Å². The molecule has 4 amide bonds. The van der Waals surface area contributed by atoms with Gasteiger partial charge in [-0.3, -0.25) is 9.59 Å². The number of ether oxygens (including phenoxy) is 2. The Morgan fingerprint density at radius 2 is 1.03 bits per heavy atom. The van der Waals surface area contributed by atoms with Crippen LogP contribution in [0.4, 0.5) is 29.7 Å². The SMILES string of the molecule is O=C(O)N[C@H](C(=O)N1CCC[C@H]1c1nc2cc([C@H]3CC[C@H](c4ccc5[nH]c([C@@H]6CCCN6C(=O)[C@@H](NC(=O)O)C6CCOCC6)nc5c4)N3c3cc(F)c(N4CCCCC4)c(F)c3)ccc2[nH]1)C1CCOCC1. The second-order valence-corrected chi connectivity index (χ2v) is 20.8. The minimum absolute atomic E-state index is 0.00112. The first-order valence-electron chi connectivity index (χ1n) is 26.3. The summed E-state index contributed by atoms with van der Waals surface area (Å²) in [7, 11) is 0. The normalized spacial score (nSPS) is 24.1. The number of nitrogens with zero attached hydrogens (tertiary/aromatic N) is 6. The summed E-state index contributed by atoms with van der Waals surface area (Å²) in [6, 6.07) is 11.7. The number of aromatic nitrogens is 4. The van der Waals surface area contributed by atoms with Gasteiger partial charge >= 0.3 is 12.2 Å². The van der Waals surface area contributed by atoms with Crippen LogP contribution < -0.4 is 20.4 Å². The van der Waals surface area contributed by atoms with Crippen LogP contribution in [0.2, 0.25) is 0 Å². The van der Waals surface area contributed by atoms with Gasteiger partial charge in [-0.2, -0.15) is 0 Å². The van der Waals surface area contributed by atoms with Gasteiger partial charge in [0.2, 0.25) is 11.8 Å². The van der Waals surface area contributed by atoms with Crippen LogP contribution in [0, 0.1) is 23.5 Å². The second kappa shape index (κ2) is 20.8. The quantitative estimate of drug-likeness (QED) is 0.0696. The molecule has 8 heterocycles. The number of nitrogens with one attached hydrogen (secondary N) is 4. The zero-order valence-electron chi connectivity index (χ0n) is 40.9. The van der Waals surface area contributed by atoms with Crippen LogP contribution >= 0.6 is 0 Å². The van der Waals surface area contributed by atoms with Crippen molar-refractivity contribution in [2.75, 3.05) is 62.4 Å². The predicted molar refractivity (Wildman–Crippen MR) is 266 cm³/mol. The maximum Gasteiger partial charge on any atom is 0.405 e. The van der Waals surface area contributed by atoms with Gasteiger partial charge in [0.1, 0.15) is 29.4 Å². The number of H-pyrrole nitrogens is 2. The highest BCUT2D eigenvalue weighted by atomic mass is 19.1. The van der Waals surface area contributed by atoms with Gasteiger partial charge < -0.3 is 59.9 Å². The summed E-state index contributed by atoms with van der Waals surface area (Å²) in [6.45, 7) is 4.01. The largest absolute Gasteiger partial charge is 0.465 e. The number of piperidine rings is 1. The minimum atomic E-state index is -1.24. The van der Waals surface area contributed by atoms with E-state index in [2.05, 4.69) is 25.5 Å². The molecule has 0 bridgehead atoms. The lowest BCUT2D eigenvalue weighted by Gasteiger charge is -2.35. The van der Waals surface area contributed by atoms with Crippen molar-refractivity contribution < 1.29 is 47.6 Å². The van der Waals surface area contributed by atoms with Crippen molar-refractivity contribution in [1.82, 2.24) is 40.4 Å². The highest BCUT2D eigenvalue weighted by Crippen LogP contribution is 2.49. The summed E-state index contributed by atoms with van der Waals surface area (Å²) in [6.07, 6.45) is 6.72. The molecule has 388 valence electrons. The Morgan fingerprint density at radius 3 is 1.47 bits per heavy atom. The molecule has 0 spiro atoms. The fraction of sp³-hybridized carbons (Fsp3) is 0.547. The summed E-state index contributed by atoms with van der Waals surface area (Å²) in [4.78, 5) is 76.6. The monoisotopic (exact) mass is 1010 g/mol. The van der Waals surface area contributed by atoms with Crippen LogP contribution in [0.1, 0.15) is 130 Å². The first-order chi connectivity index (χ1) is 35.5. The number of benzene rings is 3. The van der Waals surface area contributed by atoms with Crippen LogP contribution in [-0.4, -0.2) is 129 Å². The van der Waals surface area contributed by atoms with E-state index < -0.39 is 35.9 Å². The van der Waals surface area contributed by atoms with Crippen molar-refractivity contribution in [2.24, 2.45) is 11.8 Å². The number of anilines is 2. The number of amides is 4. The maximum atomic E-state index is 16.5. The molecule has 0 radical (unpaired) electrons. The van der Waals surface area contributed by atoms with Gasteiger partial charge in [-0.15, -0.1) is 0 Å². The molecule has 6 fully saturated rings. The van der Waals surface area contributed by atoms with Gasteiger partial charge in [0.05, 0.1) is 46.2 Å². The maximum absolute atomic E-state index is 16.5. The van der Waals surface area contributed by atoms with Crippen molar-refractivity contribution >= 4 is 57.4 Å². The number of fused-ring (bicyclic) bond motifs is 2. The Labute approximate surface area is 421 Å². The summed E-state index contributed by atoms with van der Waals surface area (Å²) < 4.78 is 44.0. The van der Waals surface area contributed by atoms with Crippen LogP contribution in [0.25, 0.3) is 22.1 Å². The van der Waals surface area contributed by atoms with Gasteiger partial charge in [0, 0.05) is 58.3 Å². The van der Waals surface area contributed by atoms with E-state index in [0.717, 1.165) is 54.3 Å². The third kappa shape index (κ3) is 9.75. The van der Waals surface area contributed by atoms with E-state index >= 15 is 8.78 Å². The predicted octanol–water partition coefficient (Wildman–Crippen LogP) is 8.24. The number of imidazole rings is 2. The number of carbonyl (C=O) groups is 4. The number of halogens is 2. The third-order valence-corrected chi connectivity index (χ3v) is 16.4. The molecule has 5 aromatic rings. The fourth-order valence-corrected chi connectivity index (χ4v) is 12.9. The molecular formula is C53H64F2N10O8. The topological polar surface area (TPSA) is 222 Å². The molecule has 0 unspecified atom stereocenters. The lowest BCUT2D eigenvalue weighted by Crippen LogP contribution is -2.52. The first-order valence-corrected chi connectivity index (χ1v) is 26.3. The highest BCUT2D eigenvalue weighted by Gasteiger charge is 2.43. The summed E-state index contributed by atoms with van der Waals surface area (Å²) in [5.41, 5.74) is 5.13. The van der Waals surface area contributed by atoms with E-state index in [1.54, 1.807) is 9.80 Å². The zero-order valence-corrected chi connectivity index (χ0v) is 40.9. The van der Waals surface area contributed by atoms with Gasteiger partial charge in [0.15, 0.2) is 11.6 Å². The number of hydrogen-bond donors (Lipinski definition) is 6. The molecule has 3 aromatic carbocycles. The molecule has 11 rings (SSSR count). The Hall–Kier alpha value is -6.54. The highest BCUT2D eigenvalue weighted by molar-refractivity contribution is 5.87. The van der Waals surface area contributed by atoms with Crippen LogP contribution in [0.15, 0.2) is 48.5 Å².